The fraction of sp³-hybridized carbons (Fsp3) is 0.929. The zero-order valence-electron chi connectivity index (χ0n) is 13.9. The van der Waals surface area contributed by atoms with Crippen molar-refractivity contribution in [1.29, 1.82) is 5.41 Å². The summed E-state index contributed by atoms with van der Waals surface area (Å²) in [5.41, 5.74) is 5.13. The first kappa shape index (κ1) is 18.4. The van der Waals surface area contributed by atoms with Crippen molar-refractivity contribution in [2.75, 3.05) is 31.9 Å². The Morgan fingerprint density at radius 3 is 1.95 bits per heavy atom. The standard InChI is InChI=1S/C14H30N4O2S/c1-13(2,3)6-11-21(19,20)18-9-7-17(8-10-18)14(4,5)12(15)16/h6-11H2,1-5H3,(H3,15,16). The summed E-state index contributed by atoms with van der Waals surface area (Å²) in [5.74, 6) is 0.318. The summed E-state index contributed by atoms with van der Waals surface area (Å²) < 4.78 is 26.3. The van der Waals surface area contributed by atoms with Crippen LogP contribution in [-0.4, -0.2) is 60.9 Å². The Morgan fingerprint density at radius 1 is 1.10 bits per heavy atom. The Hall–Kier alpha value is -0.660. The lowest BCUT2D eigenvalue weighted by Gasteiger charge is -2.43. The molecule has 0 aliphatic carbocycles. The molecule has 0 aromatic heterocycles. The summed E-state index contributed by atoms with van der Waals surface area (Å²) in [7, 11) is -3.18. The highest BCUT2D eigenvalue weighted by atomic mass is 32.2. The van der Waals surface area contributed by atoms with E-state index in [1.165, 1.54) is 0 Å². The van der Waals surface area contributed by atoms with Gasteiger partial charge in [-0.05, 0) is 25.7 Å². The van der Waals surface area contributed by atoms with E-state index in [0.29, 0.717) is 32.6 Å². The second-order valence-corrected chi connectivity index (χ2v) is 9.57. The molecule has 0 bridgehead atoms. The zero-order chi connectivity index (χ0) is 16.5. The van der Waals surface area contributed by atoms with Crippen molar-refractivity contribution in [2.24, 2.45) is 11.1 Å². The van der Waals surface area contributed by atoms with Crippen LogP contribution in [0.5, 0.6) is 0 Å². The van der Waals surface area contributed by atoms with E-state index in [-0.39, 0.29) is 17.0 Å². The quantitative estimate of drug-likeness (QED) is 0.586. The largest absolute Gasteiger partial charge is 0.386 e. The Balaban J connectivity index is 2.62. The summed E-state index contributed by atoms with van der Waals surface area (Å²) in [6, 6.07) is 0. The Morgan fingerprint density at radius 2 is 1.57 bits per heavy atom. The predicted octanol–water partition coefficient (Wildman–Crippen LogP) is 1.08. The number of amidine groups is 1. The second-order valence-electron chi connectivity index (χ2n) is 7.49. The van der Waals surface area contributed by atoms with Crippen LogP contribution in [0.1, 0.15) is 41.0 Å². The van der Waals surface area contributed by atoms with Gasteiger partial charge >= 0.3 is 0 Å². The lowest BCUT2D eigenvalue weighted by molar-refractivity contribution is 0.121. The van der Waals surface area contributed by atoms with E-state index in [1.54, 1.807) is 4.31 Å². The average Bonchev–Trinajstić information content (AvgIpc) is 2.36. The third kappa shape index (κ3) is 4.93. The van der Waals surface area contributed by atoms with Crippen LogP contribution in [0.25, 0.3) is 0 Å². The lowest BCUT2D eigenvalue weighted by Crippen LogP contribution is -2.60. The number of hydrogen-bond acceptors (Lipinski definition) is 4. The van der Waals surface area contributed by atoms with E-state index in [9.17, 15) is 8.42 Å². The molecule has 0 radical (unpaired) electrons. The molecule has 1 aliphatic rings. The number of nitrogens with two attached hydrogens (primary N) is 1. The Labute approximate surface area is 129 Å². The van der Waals surface area contributed by atoms with Gasteiger partial charge in [0.05, 0.1) is 11.3 Å². The van der Waals surface area contributed by atoms with Crippen molar-refractivity contribution in [3.05, 3.63) is 0 Å². The van der Waals surface area contributed by atoms with E-state index in [0.717, 1.165) is 0 Å². The number of rotatable bonds is 5. The van der Waals surface area contributed by atoms with Crippen molar-refractivity contribution in [3.63, 3.8) is 0 Å². The summed E-state index contributed by atoms with van der Waals surface area (Å²) in [5, 5.41) is 7.65. The molecule has 1 rings (SSSR count). The maximum Gasteiger partial charge on any atom is 0.214 e. The van der Waals surface area contributed by atoms with Gasteiger partial charge in [0.25, 0.3) is 0 Å². The van der Waals surface area contributed by atoms with Gasteiger partial charge in [0.15, 0.2) is 0 Å². The van der Waals surface area contributed by atoms with Gasteiger partial charge in [-0.25, -0.2) is 8.42 Å². The van der Waals surface area contributed by atoms with Crippen LogP contribution >= 0.6 is 0 Å². The van der Waals surface area contributed by atoms with Gasteiger partial charge in [0.1, 0.15) is 5.84 Å². The molecule has 0 saturated carbocycles. The van der Waals surface area contributed by atoms with Crippen LogP contribution in [0.3, 0.4) is 0 Å². The van der Waals surface area contributed by atoms with E-state index >= 15 is 0 Å². The molecule has 0 spiro atoms. The molecule has 0 aromatic rings. The Kier molecular flexibility index (Phi) is 5.45. The smallest absolute Gasteiger partial charge is 0.214 e. The van der Waals surface area contributed by atoms with Crippen LogP contribution in [0, 0.1) is 10.8 Å². The topological polar surface area (TPSA) is 90.5 Å². The van der Waals surface area contributed by atoms with Crippen LogP contribution in [0.15, 0.2) is 0 Å². The van der Waals surface area contributed by atoms with E-state index < -0.39 is 15.6 Å². The van der Waals surface area contributed by atoms with Gasteiger partial charge in [0, 0.05) is 26.2 Å². The number of hydrogen-bond donors (Lipinski definition) is 2. The molecule has 124 valence electrons. The first-order chi connectivity index (χ1) is 9.36. The molecule has 21 heavy (non-hydrogen) atoms. The maximum absolute atomic E-state index is 12.4. The highest BCUT2D eigenvalue weighted by Gasteiger charge is 2.35. The fourth-order valence-corrected chi connectivity index (χ4v) is 4.11. The average molecular weight is 318 g/mol. The number of nitrogens with one attached hydrogen (secondary N) is 1. The molecule has 0 aromatic carbocycles. The minimum Gasteiger partial charge on any atom is -0.386 e. The first-order valence-electron chi connectivity index (χ1n) is 7.44. The minimum absolute atomic E-state index is 0.0194. The molecule has 0 amide bonds. The maximum atomic E-state index is 12.4. The molecule has 1 saturated heterocycles. The highest BCUT2D eigenvalue weighted by Crippen LogP contribution is 2.22. The summed E-state index contributed by atoms with van der Waals surface area (Å²) >= 11 is 0. The van der Waals surface area contributed by atoms with Crippen molar-refractivity contribution in [3.8, 4) is 0 Å². The first-order valence-corrected chi connectivity index (χ1v) is 9.04. The van der Waals surface area contributed by atoms with Crippen molar-refractivity contribution < 1.29 is 8.42 Å². The van der Waals surface area contributed by atoms with Gasteiger partial charge in [0.2, 0.25) is 10.0 Å². The van der Waals surface area contributed by atoms with Crippen LogP contribution in [-0.2, 0) is 10.0 Å². The van der Waals surface area contributed by atoms with Gasteiger partial charge in [-0.1, -0.05) is 20.8 Å². The van der Waals surface area contributed by atoms with Gasteiger partial charge < -0.3 is 5.73 Å². The molecular formula is C14H30N4O2S. The van der Waals surface area contributed by atoms with Gasteiger partial charge in [-0.2, -0.15) is 4.31 Å². The second kappa shape index (κ2) is 6.22. The predicted molar refractivity (Wildman–Crippen MR) is 87.0 cm³/mol. The number of nitrogens with zero attached hydrogens (tertiary/aromatic N) is 2. The van der Waals surface area contributed by atoms with Crippen molar-refractivity contribution in [1.82, 2.24) is 9.21 Å². The SMILES string of the molecule is CC(C)(C)CCS(=O)(=O)N1CCN(C(C)(C)C(=N)N)CC1. The van der Waals surface area contributed by atoms with Crippen LogP contribution < -0.4 is 5.73 Å². The molecule has 3 N–H and O–H groups in total. The molecule has 0 atom stereocenters. The van der Waals surface area contributed by atoms with E-state index in [2.05, 4.69) is 25.7 Å². The third-order valence-electron chi connectivity index (χ3n) is 4.19. The zero-order valence-corrected chi connectivity index (χ0v) is 14.8. The minimum atomic E-state index is -3.18. The lowest BCUT2D eigenvalue weighted by atomic mass is 9.94. The summed E-state index contributed by atoms with van der Waals surface area (Å²) in [6.07, 6.45) is 0.661. The van der Waals surface area contributed by atoms with Gasteiger partial charge in [-0.3, -0.25) is 10.3 Å². The third-order valence-corrected chi connectivity index (χ3v) is 6.06. The summed E-state index contributed by atoms with van der Waals surface area (Å²) in [6.45, 7) is 12.1. The van der Waals surface area contributed by atoms with Crippen LogP contribution in [0.4, 0.5) is 0 Å². The Bertz CT molecular complexity index is 472. The molecule has 1 heterocycles. The number of sulfonamides is 1. The van der Waals surface area contributed by atoms with E-state index in [1.807, 2.05) is 13.8 Å². The summed E-state index contributed by atoms with van der Waals surface area (Å²) in [4.78, 5) is 2.07. The molecule has 0 unspecified atom stereocenters. The highest BCUT2D eigenvalue weighted by molar-refractivity contribution is 7.89. The fourth-order valence-electron chi connectivity index (χ4n) is 2.26. The molecule has 6 nitrogen and oxygen atoms in total. The molecule has 1 aliphatic heterocycles. The molecular weight excluding hydrogens is 288 g/mol. The monoisotopic (exact) mass is 318 g/mol. The van der Waals surface area contributed by atoms with Crippen LogP contribution in [0.2, 0.25) is 0 Å². The van der Waals surface area contributed by atoms with Crippen molar-refractivity contribution >= 4 is 15.9 Å². The normalized spacial score (nSPS) is 19.7. The van der Waals surface area contributed by atoms with Crippen molar-refractivity contribution in [2.45, 2.75) is 46.6 Å². The van der Waals surface area contributed by atoms with E-state index in [4.69, 9.17) is 11.1 Å². The molecule has 7 heteroatoms. The molecule has 1 fully saturated rings. The number of piperazine rings is 1. The van der Waals surface area contributed by atoms with Gasteiger partial charge in [-0.15, -0.1) is 0 Å².